The molecule has 90 valence electrons. The smallest absolute Gasteiger partial charge is 0.206 e. The van der Waals surface area contributed by atoms with Gasteiger partial charge in [-0.3, -0.25) is 4.98 Å². The standard InChI is InChI=1S/C11H14N4OS/c1-3-4-13-11-15-14-10(17-11)8-5-9(16-2)7-12-6-8/h5-7H,3-4H2,1-2H3,(H,13,15). The molecule has 2 heterocycles. The molecule has 6 heteroatoms. The predicted molar refractivity (Wildman–Crippen MR) is 68.5 cm³/mol. The minimum absolute atomic E-state index is 0.723. The van der Waals surface area contributed by atoms with Crippen LogP contribution in [0.15, 0.2) is 18.5 Å². The van der Waals surface area contributed by atoms with Crippen molar-refractivity contribution in [1.82, 2.24) is 15.2 Å². The number of nitrogens with one attached hydrogen (secondary N) is 1. The fourth-order valence-corrected chi connectivity index (χ4v) is 2.04. The molecular formula is C11H14N4OS. The van der Waals surface area contributed by atoms with E-state index in [2.05, 4.69) is 27.4 Å². The van der Waals surface area contributed by atoms with Crippen LogP contribution >= 0.6 is 11.3 Å². The van der Waals surface area contributed by atoms with Crippen LogP contribution in [0, 0.1) is 0 Å². The van der Waals surface area contributed by atoms with E-state index in [9.17, 15) is 0 Å². The summed E-state index contributed by atoms with van der Waals surface area (Å²) in [6, 6.07) is 1.90. The highest BCUT2D eigenvalue weighted by molar-refractivity contribution is 7.18. The second-order valence-corrected chi connectivity index (χ2v) is 4.43. The Bertz CT molecular complexity index is 486. The minimum Gasteiger partial charge on any atom is -0.495 e. The number of ether oxygens (including phenoxy) is 1. The van der Waals surface area contributed by atoms with Crippen LogP contribution in [0.4, 0.5) is 5.13 Å². The van der Waals surface area contributed by atoms with E-state index in [0.29, 0.717) is 0 Å². The van der Waals surface area contributed by atoms with E-state index in [1.54, 1.807) is 19.5 Å². The first-order valence-corrected chi connectivity index (χ1v) is 6.22. The third-order valence-electron chi connectivity index (χ3n) is 2.15. The molecule has 2 rings (SSSR count). The van der Waals surface area contributed by atoms with Gasteiger partial charge in [0.05, 0.1) is 13.3 Å². The number of rotatable bonds is 5. The van der Waals surface area contributed by atoms with Crippen LogP contribution in [0.3, 0.4) is 0 Å². The van der Waals surface area contributed by atoms with Gasteiger partial charge in [-0.2, -0.15) is 0 Å². The van der Waals surface area contributed by atoms with Crippen molar-refractivity contribution in [1.29, 1.82) is 0 Å². The summed E-state index contributed by atoms with van der Waals surface area (Å²) in [7, 11) is 1.62. The van der Waals surface area contributed by atoms with Gasteiger partial charge in [-0.1, -0.05) is 18.3 Å². The molecule has 2 aromatic heterocycles. The number of anilines is 1. The molecular weight excluding hydrogens is 236 g/mol. The molecule has 0 aliphatic carbocycles. The number of pyridine rings is 1. The monoisotopic (exact) mass is 250 g/mol. The number of hydrogen-bond acceptors (Lipinski definition) is 6. The SMILES string of the molecule is CCCNc1nnc(-c2cncc(OC)c2)s1. The molecule has 0 spiro atoms. The van der Waals surface area contributed by atoms with Crippen molar-refractivity contribution in [2.24, 2.45) is 0 Å². The second kappa shape index (κ2) is 5.58. The van der Waals surface area contributed by atoms with E-state index in [0.717, 1.165) is 34.4 Å². The molecule has 0 bridgehead atoms. The van der Waals surface area contributed by atoms with Gasteiger partial charge in [-0.15, -0.1) is 10.2 Å². The van der Waals surface area contributed by atoms with E-state index >= 15 is 0 Å². The van der Waals surface area contributed by atoms with E-state index in [4.69, 9.17) is 4.74 Å². The maximum Gasteiger partial charge on any atom is 0.206 e. The first-order chi connectivity index (χ1) is 8.33. The highest BCUT2D eigenvalue weighted by Gasteiger charge is 2.07. The Morgan fingerprint density at radius 1 is 1.35 bits per heavy atom. The number of methoxy groups -OCH3 is 1. The molecule has 0 unspecified atom stereocenters. The lowest BCUT2D eigenvalue weighted by Gasteiger charge is -1.99. The van der Waals surface area contributed by atoms with Gasteiger partial charge < -0.3 is 10.1 Å². The van der Waals surface area contributed by atoms with E-state index in [1.807, 2.05) is 6.07 Å². The van der Waals surface area contributed by atoms with Crippen LogP contribution in [-0.4, -0.2) is 28.8 Å². The Hall–Kier alpha value is -1.69. The first-order valence-electron chi connectivity index (χ1n) is 5.40. The molecule has 0 aliphatic rings. The lowest BCUT2D eigenvalue weighted by atomic mass is 10.3. The molecule has 0 radical (unpaired) electrons. The fraction of sp³-hybridized carbons (Fsp3) is 0.364. The average molecular weight is 250 g/mol. The zero-order chi connectivity index (χ0) is 12.1. The van der Waals surface area contributed by atoms with Gasteiger partial charge in [-0.25, -0.2) is 0 Å². The molecule has 0 aliphatic heterocycles. The summed E-state index contributed by atoms with van der Waals surface area (Å²) in [4.78, 5) is 4.10. The largest absolute Gasteiger partial charge is 0.495 e. The maximum atomic E-state index is 5.13. The highest BCUT2D eigenvalue weighted by Crippen LogP contribution is 2.27. The van der Waals surface area contributed by atoms with Crippen molar-refractivity contribution in [2.45, 2.75) is 13.3 Å². The molecule has 2 aromatic rings. The van der Waals surface area contributed by atoms with E-state index in [1.165, 1.54) is 11.3 Å². The van der Waals surface area contributed by atoms with Crippen LogP contribution < -0.4 is 10.1 Å². The van der Waals surface area contributed by atoms with Gasteiger partial charge in [0.1, 0.15) is 5.75 Å². The Balaban J connectivity index is 2.18. The van der Waals surface area contributed by atoms with Crippen LogP contribution in [0.25, 0.3) is 10.6 Å². The topological polar surface area (TPSA) is 59.9 Å². The summed E-state index contributed by atoms with van der Waals surface area (Å²) in [5.74, 6) is 0.723. The Kier molecular flexibility index (Phi) is 3.87. The average Bonchev–Trinajstić information content (AvgIpc) is 2.85. The predicted octanol–water partition coefficient (Wildman–Crippen LogP) is 2.43. The Morgan fingerprint density at radius 3 is 3.00 bits per heavy atom. The summed E-state index contributed by atoms with van der Waals surface area (Å²) >= 11 is 1.52. The molecule has 0 fully saturated rings. The highest BCUT2D eigenvalue weighted by atomic mass is 32.1. The summed E-state index contributed by atoms with van der Waals surface area (Å²) in [5.41, 5.74) is 0.923. The molecule has 0 saturated carbocycles. The van der Waals surface area contributed by atoms with Crippen molar-refractivity contribution >= 4 is 16.5 Å². The first kappa shape index (κ1) is 11.8. The maximum absolute atomic E-state index is 5.13. The van der Waals surface area contributed by atoms with Crippen LogP contribution in [0.5, 0.6) is 5.75 Å². The number of hydrogen-bond donors (Lipinski definition) is 1. The number of nitrogens with zero attached hydrogens (tertiary/aromatic N) is 3. The van der Waals surface area contributed by atoms with Crippen molar-refractivity contribution < 1.29 is 4.74 Å². The lowest BCUT2D eigenvalue weighted by molar-refractivity contribution is 0.413. The van der Waals surface area contributed by atoms with Gasteiger partial charge in [0.15, 0.2) is 5.01 Å². The van der Waals surface area contributed by atoms with Gasteiger partial charge in [0.2, 0.25) is 5.13 Å². The van der Waals surface area contributed by atoms with Crippen LogP contribution in [0.1, 0.15) is 13.3 Å². The summed E-state index contributed by atoms with van der Waals surface area (Å²) in [6.07, 6.45) is 4.49. The second-order valence-electron chi connectivity index (χ2n) is 3.45. The molecule has 0 aromatic carbocycles. The molecule has 0 amide bonds. The summed E-state index contributed by atoms with van der Waals surface area (Å²) in [6.45, 7) is 3.02. The van der Waals surface area contributed by atoms with Crippen LogP contribution in [-0.2, 0) is 0 Å². The minimum atomic E-state index is 0.723. The molecule has 5 nitrogen and oxygen atoms in total. The molecule has 1 N–H and O–H groups in total. The normalized spacial score (nSPS) is 10.2. The fourth-order valence-electron chi connectivity index (χ4n) is 1.29. The summed E-state index contributed by atoms with van der Waals surface area (Å²) in [5, 5.41) is 13.1. The third-order valence-corrected chi connectivity index (χ3v) is 3.08. The van der Waals surface area contributed by atoms with Crippen LogP contribution in [0.2, 0.25) is 0 Å². The molecule has 0 saturated heterocycles. The van der Waals surface area contributed by atoms with E-state index < -0.39 is 0 Å². The van der Waals surface area contributed by atoms with Crippen molar-refractivity contribution in [2.75, 3.05) is 19.0 Å². The zero-order valence-electron chi connectivity index (χ0n) is 9.80. The summed E-state index contributed by atoms with van der Waals surface area (Å²) < 4.78 is 5.13. The Morgan fingerprint density at radius 2 is 2.24 bits per heavy atom. The molecule has 17 heavy (non-hydrogen) atoms. The number of aromatic nitrogens is 3. The lowest BCUT2D eigenvalue weighted by Crippen LogP contribution is -1.98. The van der Waals surface area contributed by atoms with Crippen molar-refractivity contribution in [3.05, 3.63) is 18.5 Å². The van der Waals surface area contributed by atoms with E-state index in [-0.39, 0.29) is 0 Å². The van der Waals surface area contributed by atoms with Gasteiger partial charge in [0, 0.05) is 18.3 Å². The van der Waals surface area contributed by atoms with Gasteiger partial charge in [-0.05, 0) is 12.5 Å². The zero-order valence-corrected chi connectivity index (χ0v) is 10.6. The molecule has 0 atom stereocenters. The third kappa shape index (κ3) is 2.91. The van der Waals surface area contributed by atoms with Gasteiger partial charge in [0.25, 0.3) is 0 Å². The quantitative estimate of drug-likeness (QED) is 0.883. The Labute approximate surface area is 104 Å². The van der Waals surface area contributed by atoms with Crippen molar-refractivity contribution in [3.63, 3.8) is 0 Å². The van der Waals surface area contributed by atoms with Crippen molar-refractivity contribution in [3.8, 4) is 16.3 Å². The van der Waals surface area contributed by atoms with Gasteiger partial charge >= 0.3 is 0 Å².